The Morgan fingerprint density at radius 3 is 2.50 bits per heavy atom. The highest BCUT2D eigenvalue weighted by Gasteiger charge is 2.41. The molecule has 3 aromatic rings. The molecule has 0 radical (unpaired) electrons. The standard InChI is InChI=1S/C39H53ClN4O11S/c1-25(2)44(17-6-5-15-42-38(50)43-33(21-45)36(48)37(49)34(47)22-46)56(51,52)28-11-12-32(40)26(19-28)23-54-39(14-18-53-24-39)31-20-41-16-13-29(31)30-7-3-4-8-35(30)55-27-9-10-27/h3-4,7-8,11-13,16,19-20,25,27,33-34,36-37,45-49H,5-6,9-10,14-15,17-18,21-24H2,1-2H3,(H2,42,43,50)/t33-,34+,36+,37+,39?/m0/s1. The van der Waals surface area contributed by atoms with Crippen molar-refractivity contribution in [3.8, 4) is 16.9 Å². The Labute approximate surface area is 332 Å². The largest absolute Gasteiger partial charge is 0.490 e. The molecule has 2 aliphatic rings. The number of nitrogens with one attached hydrogen (secondary N) is 2. The summed E-state index contributed by atoms with van der Waals surface area (Å²) < 4.78 is 48.3. The fourth-order valence-corrected chi connectivity index (χ4v) is 8.45. The van der Waals surface area contributed by atoms with E-state index in [1.807, 2.05) is 30.3 Å². The van der Waals surface area contributed by atoms with Crippen LogP contribution in [0.2, 0.25) is 5.02 Å². The number of ether oxygens (including phenoxy) is 3. The summed E-state index contributed by atoms with van der Waals surface area (Å²) in [7, 11) is -3.99. The summed E-state index contributed by atoms with van der Waals surface area (Å²) in [6.07, 6.45) is 1.90. The van der Waals surface area contributed by atoms with Crippen molar-refractivity contribution >= 4 is 27.7 Å². The van der Waals surface area contributed by atoms with Crippen molar-refractivity contribution in [2.24, 2.45) is 0 Å². The number of pyridine rings is 1. The number of hydrogen-bond acceptors (Lipinski definition) is 12. The van der Waals surface area contributed by atoms with Crippen LogP contribution in [0.1, 0.15) is 57.1 Å². The number of carbonyl (C=O) groups excluding carboxylic acids is 1. The van der Waals surface area contributed by atoms with Gasteiger partial charge < -0.3 is 50.4 Å². The lowest BCUT2D eigenvalue weighted by atomic mass is 9.87. The highest BCUT2D eigenvalue weighted by molar-refractivity contribution is 7.89. The molecule has 7 N–H and O–H groups in total. The summed E-state index contributed by atoms with van der Waals surface area (Å²) in [4.78, 5) is 16.9. The summed E-state index contributed by atoms with van der Waals surface area (Å²) in [5.74, 6) is 0.788. The molecule has 1 saturated heterocycles. The number of unbranched alkanes of at least 4 members (excludes halogenated alkanes) is 1. The van der Waals surface area contributed by atoms with Gasteiger partial charge in [-0.3, -0.25) is 4.98 Å². The molecule has 1 unspecified atom stereocenters. The lowest BCUT2D eigenvalue weighted by Crippen LogP contribution is -2.56. The number of benzene rings is 2. The van der Waals surface area contributed by atoms with Gasteiger partial charge in [0.1, 0.15) is 29.7 Å². The Kier molecular flexibility index (Phi) is 15.5. The lowest BCUT2D eigenvalue weighted by Gasteiger charge is -2.31. The molecule has 1 saturated carbocycles. The van der Waals surface area contributed by atoms with Gasteiger partial charge in [0.05, 0.1) is 43.5 Å². The molecule has 2 heterocycles. The Morgan fingerprint density at radius 2 is 1.82 bits per heavy atom. The number of para-hydroxylation sites is 1. The minimum absolute atomic E-state index is 0.00463. The van der Waals surface area contributed by atoms with E-state index in [0.717, 1.165) is 35.3 Å². The molecule has 0 bridgehead atoms. The van der Waals surface area contributed by atoms with E-state index in [2.05, 4.69) is 15.6 Å². The molecule has 2 amide bonds. The number of aromatic nitrogens is 1. The van der Waals surface area contributed by atoms with Crippen LogP contribution in [0.15, 0.2) is 65.8 Å². The predicted octanol–water partition coefficient (Wildman–Crippen LogP) is 2.69. The van der Waals surface area contributed by atoms with E-state index in [1.165, 1.54) is 16.4 Å². The van der Waals surface area contributed by atoms with Gasteiger partial charge in [-0.2, -0.15) is 4.31 Å². The second-order valence-corrected chi connectivity index (χ2v) is 16.7. The zero-order valence-corrected chi connectivity index (χ0v) is 33.2. The molecule has 17 heteroatoms. The molecule has 0 spiro atoms. The number of sulfonamides is 1. The first-order chi connectivity index (χ1) is 26.8. The van der Waals surface area contributed by atoms with E-state index >= 15 is 0 Å². The first kappa shape index (κ1) is 43.7. The number of nitrogens with zero attached hydrogens (tertiary/aromatic N) is 2. The molecule has 2 aromatic carbocycles. The van der Waals surface area contributed by atoms with Gasteiger partial charge in [0.15, 0.2) is 0 Å². The van der Waals surface area contributed by atoms with Gasteiger partial charge in [0.2, 0.25) is 10.0 Å². The molecule has 1 aromatic heterocycles. The smallest absolute Gasteiger partial charge is 0.315 e. The van der Waals surface area contributed by atoms with Gasteiger partial charge in [-0.25, -0.2) is 13.2 Å². The molecule has 1 aliphatic heterocycles. The second kappa shape index (κ2) is 19.8. The number of halogens is 1. The number of aliphatic hydroxyl groups is 5. The third kappa shape index (κ3) is 10.7. The van der Waals surface area contributed by atoms with Crippen molar-refractivity contribution in [2.45, 2.75) is 99.6 Å². The third-order valence-electron chi connectivity index (χ3n) is 9.94. The van der Waals surface area contributed by atoms with Crippen molar-refractivity contribution in [3.05, 3.63) is 77.1 Å². The first-order valence-corrected chi connectivity index (χ1v) is 20.7. The summed E-state index contributed by atoms with van der Waals surface area (Å²) >= 11 is 6.66. The topological polar surface area (TPSA) is 220 Å². The van der Waals surface area contributed by atoms with Gasteiger partial charge in [-0.15, -0.1) is 0 Å². The minimum Gasteiger partial charge on any atom is -0.490 e. The number of aliphatic hydroxyl groups excluding tert-OH is 5. The Balaban J connectivity index is 1.23. The Morgan fingerprint density at radius 1 is 1.05 bits per heavy atom. The average Bonchev–Trinajstić information content (AvgIpc) is 3.88. The van der Waals surface area contributed by atoms with Crippen LogP contribution in [-0.2, 0) is 31.7 Å². The molecule has 15 nitrogen and oxygen atoms in total. The maximum atomic E-state index is 14.0. The van der Waals surface area contributed by atoms with Crippen molar-refractivity contribution in [3.63, 3.8) is 0 Å². The van der Waals surface area contributed by atoms with E-state index in [9.17, 15) is 33.6 Å². The monoisotopic (exact) mass is 820 g/mol. The van der Waals surface area contributed by atoms with Gasteiger partial charge in [-0.05, 0) is 81.0 Å². The Hall–Kier alpha value is -3.42. The van der Waals surface area contributed by atoms with Crippen LogP contribution in [0.4, 0.5) is 4.79 Å². The Bertz CT molecular complexity index is 1860. The first-order valence-electron chi connectivity index (χ1n) is 18.8. The van der Waals surface area contributed by atoms with Crippen LogP contribution in [-0.4, -0.2) is 125 Å². The van der Waals surface area contributed by atoms with Crippen molar-refractivity contribution < 1.29 is 53.0 Å². The van der Waals surface area contributed by atoms with Crippen LogP contribution < -0.4 is 15.4 Å². The molecule has 56 heavy (non-hydrogen) atoms. The third-order valence-corrected chi connectivity index (χ3v) is 12.4. The molecular formula is C39H53ClN4O11S. The van der Waals surface area contributed by atoms with E-state index in [-0.39, 0.29) is 37.3 Å². The van der Waals surface area contributed by atoms with Gasteiger partial charge in [-0.1, -0.05) is 29.8 Å². The molecular weight excluding hydrogens is 768 g/mol. The van der Waals surface area contributed by atoms with Crippen LogP contribution in [0.5, 0.6) is 5.75 Å². The van der Waals surface area contributed by atoms with Crippen LogP contribution >= 0.6 is 11.6 Å². The lowest BCUT2D eigenvalue weighted by molar-refractivity contribution is -0.0902. The van der Waals surface area contributed by atoms with Gasteiger partial charge in [0.25, 0.3) is 0 Å². The number of carbonyl (C=O) groups is 1. The summed E-state index contributed by atoms with van der Waals surface area (Å²) in [5.41, 5.74) is 2.28. The fraction of sp³-hybridized carbons (Fsp3) is 0.538. The molecule has 5 rings (SSSR count). The van der Waals surface area contributed by atoms with E-state index in [1.54, 1.807) is 32.3 Å². The van der Waals surface area contributed by atoms with Crippen molar-refractivity contribution in [1.82, 2.24) is 19.9 Å². The highest BCUT2D eigenvalue weighted by Crippen LogP contribution is 2.44. The van der Waals surface area contributed by atoms with Gasteiger partial charge >= 0.3 is 6.03 Å². The summed E-state index contributed by atoms with van der Waals surface area (Å²) in [6, 6.07) is 11.9. The van der Waals surface area contributed by atoms with Crippen LogP contribution in [0.25, 0.3) is 11.1 Å². The molecule has 308 valence electrons. The number of urea groups is 1. The minimum atomic E-state index is -3.99. The van der Waals surface area contributed by atoms with E-state index in [0.29, 0.717) is 36.5 Å². The maximum absolute atomic E-state index is 14.0. The van der Waals surface area contributed by atoms with Gasteiger partial charge in [0, 0.05) is 60.7 Å². The van der Waals surface area contributed by atoms with Crippen LogP contribution in [0.3, 0.4) is 0 Å². The van der Waals surface area contributed by atoms with E-state index in [4.69, 9.17) is 30.9 Å². The molecule has 2 fully saturated rings. The zero-order chi connectivity index (χ0) is 40.5. The quantitative estimate of drug-likeness (QED) is 0.0772. The molecule has 5 atom stereocenters. The van der Waals surface area contributed by atoms with Crippen LogP contribution in [0, 0.1) is 0 Å². The van der Waals surface area contributed by atoms with E-state index < -0.39 is 65.3 Å². The summed E-state index contributed by atoms with van der Waals surface area (Å²) in [6.45, 7) is 3.01. The highest BCUT2D eigenvalue weighted by atomic mass is 35.5. The zero-order valence-electron chi connectivity index (χ0n) is 31.6. The fourth-order valence-electron chi connectivity index (χ4n) is 6.56. The van der Waals surface area contributed by atoms with Crippen molar-refractivity contribution in [1.29, 1.82) is 0 Å². The normalized spacial score (nSPS) is 19.5. The number of hydrogen-bond donors (Lipinski definition) is 7. The second-order valence-electron chi connectivity index (χ2n) is 14.4. The number of rotatable bonds is 21. The average molecular weight is 821 g/mol. The molecule has 1 aliphatic carbocycles. The SMILES string of the molecule is CC(C)N(CCCCNC(=O)N[C@@H](CO)[C@@H](O)[C@H](O)[C@H](O)CO)S(=O)(=O)c1ccc(Cl)c(COC2(c3cnccc3-c3ccccc3OC3CC3)CCOC2)c1. The maximum Gasteiger partial charge on any atom is 0.315 e. The summed E-state index contributed by atoms with van der Waals surface area (Å²) in [5, 5.41) is 53.4. The van der Waals surface area contributed by atoms with Crippen molar-refractivity contribution in [2.75, 3.05) is 39.5 Å². The predicted molar refractivity (Wildman–Crippen MR) is 207 cm³/mol. The number of amides is 2.